The molecule has 1 aromatic rings. The Morgan fingerprint density at radius 2 is 2.37 bits per heavy atom. The number of anilines is 1. The number of carbonyl (C=O) groups is 1. The van der Waals surface area contributed by atoms with E-state index in [1.54, 1.807) is 0 Å². The molecule has 1 heterocycles. The van der Waals surface area contributed by atoms with Gasteiger partial charge in [0.1, 0.15) is 0 Å². The number of aliphatic hydroxyl groups is 1. The van der Waals surface area contributed by atoms with Gasteiger partial charge in [0.25, 0.3) is 0 Å². The summed E-state index contributed by atoms with van der Waals surface area (Å²) in [5.74, 6) is -0.00411. The first-order chi connectivity index (χ1) is 9.17. The van der Waals surface area contributed by atoms with E-state index in [2.05, 4.69) is 10.2 Å². The molecule has 1 aromatic carbocycles. The Morgan fingerprint density at radius 1 is 1.53 bits per heavy atom. The van der Waals surface area contributed by atoms with E-state index in [1.807, 2.05) is 24.3 Å². The van der Waals surface area contributed by atoms with Gasteiger partial charge in [-0.05, 0) is 24.1 Å². The summed E-state index contributed by atoms with van der Waals surface area (Å²) < 4.78 is 0. The molecule has 1 aliphatic heterocycles. The zero-order chi connectivity index (χ0) is 13.7. The van der Waals surface area contributed by atoms with Crippen molar-refractivity contribution in [3.05, 3.63) is 29.8 Å². The van der Waals surface area contributed by atoms with Gasteiger partial charge in [0, 0.05) is 38.3 Å². The van der Waals surface area contributed by atoms with Crippen molar-refractivity contribution in [2.24, 2.45) is 5.73 Å². The summed E-state index contributed by atoms with van der Waals surface area (Å²) in [6.07, 6.45) is 1.02. The SMILES string of the molecule is NCc1cccc(NC(=O)CCN2CCC(O)C2)c1. The van der Waals surface area contributed by atoms with E-state index in [4.69, 9.17) is 5.73 Å². The molecule has 19 heavy (non-hydrogen) atoms. The maximum Gasteiger partial charge on any atom is 0.225 e. The summed E-state index contributed by atoms with van der Waals surface area (Å²) in [6, 6.07) is 7.56. The minimum atomic E-state index is -0.232. The maximum atomic E-state index is 11.8. The van der Waals surface area contributed by atoms with Crippen LogP contribution in [0, 0.1) is 0 Å². The predicted octanol–water partition coefficient (Wildman–Crippen LogP) is 0.540. The van der Waals surface area contributed by atoms with Crippen molar-refractivity contribution in [2.75, 3.05) is 25.0 Å². The van der Waals surface area contributed by atoms with Gasteiger partial charge in [-0.2, -0.15) is 0 Å². The number of likely N-dealkylation sites (tertiary alicyclic amines) is 1. The Kier molecular flexibility index (Phi) is 4.90. The molecule has 1 amide bonds. The van der Waals surface area contributed by atoms with Crippen LogP contribution in [0.5, 0.6) is 0 Å². The van der Waals surface area contributed by atoms with E-state index < -0.39 is 0 Å². The molecule has 0 spiro atoms. The fourth-order valence-electron chi connectivity index (χ4n) is 2.27. The van der Waals surface area contributed by atoms with Crippen molar-refractivity contribution in [2.45, 2.75) is 25.5 Å². The number of carbonyl (C=O) groups excluding carboxylic acids is 1. The van der Waals surface area contributed by atoms with E-state index in [9.17, 15) is 9.90 Å². The number of hydrogen-bond donors (Lipinski definition) is 3. The average molecular weight is 263 g/mol. The summed E-state index contributed by atoms with van der Waals surface area (Å²) in [5.41, 5.74) is 7.35. The number of aliphatic hydroxyl groups excluding tert-OH is 1. The van der Waals surface area contributed by atoms with Crippen LogP contribution < -0.4 is 11.1 Å². The lowest BCUT2D eigenvalue weighted by atomic mass is 10.2. The van der Waals surface area contributed by atoms with Crippen LogP contribution in [0.15, 0.2) is 24.3 Å². The number of nitrogens with two attached hydrogens (primary N) is 1. The van der Waals surface area contributed by atoms with Crippen molar-refractivity contribution in [3.63, 3.8) is 0 Å². The lowest BCUT2D eigenvalue weighted by Crippen LogP contribution is -2.26. The van der Waals surface area contributed by atoms with Crippen molar-refractivity contribution < 1.29 is 9.90 Å². The Morgan fingerprint density at radius 3 is 3.05 bits per heavy atom. The molecule has 5 nitrogen and oxygen atoms in total. The largest absolute Gasteiger partial charge is 0.392 e. The first-order valence-corrected chi connectivity index (χ1v) is 6.66. The van der Waals surface area contributed by atoms with Gasteiger partial charge in [0.2, 0.25) is 5.91 Å². The highest BCUT2D eigenvalue weighted by molar-refractivity contribution is 5.90. The van der Waals surface area contributed by atoms with Crippen LogP contribution in [0.3, 0.4) is 0 Å². The van der Waals surface area contributed by atoms with Crippen molar-refractivity contribution >= 4 is 11.6 Å². The zero-order valence-electron chi connectivity index (χ0n) is 11.0. The first-order valence-electron chi connectivity index (χ1n) is 6.66. The summed E-state index contributed by atoms with van der Waals surface area (Å²) >= 11 is 0. The van der Waals surface area contributed by atoms with Crippen LogP contribution in [-0.2, 0) is 11.3 Å². The lowest BCUT2D eigenvalue weighted by molar-refractivity contribution is -0.116. The zero-order valence-corrected chi connectivity index (χ0v) is 11.0. The van der Waals surface area contributed by atoms with E-state index in [0.717, 1.165) is 24.2 Å². The number of nitrogens with one attached hydrogen (secondary N) is 1. The number of benzene rings is 1. The number of β-amino-alcohol motifs (C(OH)–C–C–N with tert-alkyl or cyclic N) is 1. The quantitative estimate of drug-likeness (QED) is 0.724. The Labute approximate surface area is 113 Å². The van der Waals surface area contributed by atoms with Gasteiger partial charge in [-0.3, -0.25) is 4.79 Å². The molecule has 104 valence electrons. The molecule has 5 heteroatoms. The molecule has 1 aliphatic rings. The van der Waals surface area contributed by atoms with E-state index in [-0.39, 0.29) is 12.0 Å². The average Bonchev–Trinajstić information content (AvgIpc) is 2.82. The van der Waals surface area contributed by atoms with Gasteiger partial charge in [0.05, 0.1) is 6.10 Å². The molecule has 1 fully saturated rings. The molecule has 0 aromatic heterocycles. The van der Waals surface area contributed by atoms with Gasteiger partial charge in [0.15, 0.2) is 0 Å². The molecule has 0 saturated carbocycles. The Balaban J connectivity index is 1.77. The van der Waals surface area contributed by atoms with Gasteiger partial charge in [-0.1, -0.05) is 12.1 Å². The van der Waals surface area contributed by atoms with E-state index in [0.29, 0.717) is 26.1 Å². The number of rotatable bonds is 5. The summed E-state index contributed by atoms with van der Waals surface area (Å²) in [7, 11) is 0. The monoisotopic (exact) mass is 263 g/mol. The smallest absolute Gasteiger partial charge is 0.225 e. The molecule has 1 saturated heterocycles. The molecule has 0 bridgehead atoms. The number of nitrogens with zero attached hydrogens (tertiary/aromatic N) is 1. The third kappa shape index (κ3) is 4.31. The molecular weight excluding hydrogens is 242 g/mol. The van der Waals surface area contributed by atoms with Gasteiger partial charge < -0.3 is 21.1 Å². The molecule has 0 radical (unpaired) electrons. The van der Waals surface area contributed by atoms with Crippen LogP contribution in [0.2, 0.25) is 0 Å². The van der Waals surface area contributed by atoms with Gasteiger partial charge in [-0.25, -0.2) is 0 Å². The fourth-order valence-corrected chi connectivity index (χ4v) is 2.27. The molecule has 1 unspecified atom stereocenters. The van der Waals surface area contributed by atoms with Crippen LogP contribution in [0.1, 0.15) is 18.4 Å². The van der Waals surface area contributed by atoms with E-state index >= 15 is 0 Å². The van der Waals surface area contributed by atoms with Gasteiger partial charge >= 0.3 is 0 Å². The second-order valence-corrected chi connectivity index (χ2v) is 4.95. The van der Waals surface area contributed by atoms with Crippen molar-refractivity contribution in [1.82, 2.24) is 4.90 Å². The Bertz CT molecular complexity index is 436. The standard InChI is InChI=1S/C14H21N3O2/c15-9-11-2-1-3-12(8-11)16-14(19)5-7-17-6-4-13(18)10-17/h1-3,8,13,18H,4-7,9-10,15H2,(H,16,19). The topological polar surface area (TPSA) is 78.6 Å². The normalized spacial score (nSPS) is 19.6. The molecule has 2 rings (SSSR count). The Hall–Kier alpha value is -1.43. The van der Waals surface area contributed by atoms with Crippen LogP contribution >= 0.6 is 0 Å². The number of amides is 1. The van der Waals surface area contributed by atoms with Crippen molar-refractivity contribution in [1.29, 1.82) is 0 Å². The minimum Gasteiger partial charge on any atom is -0.392 e. The predicted molar refractivity (Wildman–Crippen MR) is 74.6 cm³/mol. The number of hydrogen-bond acceptors (Lipinski definition) is 4. The second kappa shape index (κ2) is 6.65. The van der Waals surface area contributed by atoms with Crippen molar-refractivity contribution in [3.8, 4) is 0 Å². The summed E-state index contributed by atoms with van der Waals surface area (Å²) in [5, 5.41) is 12.3. The molecule has 4 N–H and O–H groups in total. The third-order valence-electron chi connectivity index (χ3n) is 3.35. The third-order valence-corrected chi connectivity index (χ3v) is 3.35. The maximum absolute atomic E-state index is 11.8. The first kappa shape index (κ1) is 14.0. The fraction of sp³-hybridized carbons (Fsp3) is 0.500. The lowest BCUT2D eigenvalue weighted by Gasteiger charge is -2.14. The van der Waals surface area contributed by atoms with Crippen LogP contribution in [0.25, 0.3) is 0 Å². The summed E-state index contributed by atoms with van der Waals surface area (Å²) in [6.45, 7) is 2.71. The minimum absolute atomic E-state index is 0.00411. The highest BCUT2D eigenvalue weighted by atomic mass is 16.3. The highest BCUT2D eigenvalue weighted by Gasteiger charge is 2.20. The molecule has 1 atom stereocenters. The second-order valence-electron chi connectivity index (χ2n) is 4.95. The van der Waals surface area contributed by atoms with E-state index in [1.165, 1.54) is 0 Å². The molecular formula is C14H21N3O2. The summed E-state index contributed by atoms with van der Waals surface area (Å²) in [4.78, 5) is 13.9. The highest BCUT2D eigenvalue weighted by Crippen LogP contribution is 2.12. The van der Waals surface area contributed by atoms with Crippen LogP contribution in [-0.4, -0.2) is 41.7 Å². The molecule has 0 aliphatic carbocycles. The van der Waals surface area contributed by atoms with Gasteiger partial charge in [-0.15, -0.1) is 0 Å². The van der Waals surface area contributed by atoms with Crippen LogP contribution in [0.4, 0.5) is 5.69 Å².